The van der Waals surface area contributed by atoms with Crippen LogP contribution in [-0.4, -0.2) is 26.3 Å². The van der Waals surface area contributed by atoms with Gasteiger partial charge in [0.15, 0.2) is 5.82 Å². The second-order valence-corrected chi connectivity index (χ2v) is 6.73. The van der Waals surface area contributed by atoms with Crippen molar-refractivity contribution in [2.24, 2.45) is 5.73 Å². The second-order valence-electron chi connectivity index (χ2n) is 6.73. The summed E-state index contributed by atoms with van der Waals surface area (Å²) in [6.07, 6.45) is 8.21. The number of nitriles is 1. The third-order valence-electron chi connectivity index (χ3n) is 4.69. The molecule has 2 heterocycles. The van der Waals surface area contributed by atoms with Gasteiger partial charge in [0, 0.05) is 29.7 Å². The molecular formula is C23H20N6. The van der Waals surface area contributed by atoms with Crippen molar-refractivity contribution in [3.63, 3.8) is 0 Å². The molecule has 4 aromatic rings. The predicted octanol–water partition coefficient (Wildman–Crippen LogP) is 3.43. The topological polar surface area (TPSA) is 93.4 Å². The quantitative estimate of drug-likeness (QED) is 0.553. The number of nitrogens with zero attached hydrogens (tertiary/aromatic N) is 5. The van der Waals surface area contributed by atoms with E-state index in [1.165, 1.54) is 0 Å². The molecule has 0 aliphatic carbocycles. The molecule has 0 radical (unpaired) electrons. The Balaban J connectivity index is 1.66. The van der Waals surface area contributed by atoms with Crippen LogP contribution in [0.2, 0.25) is 0 Å². The highest BCUT2D eigenvalue weighted by molar-refractivity contribution is 5.63. The molecule has 2 aromatic heterocycles. The summed E-state index contributed by atoms with van der Waals surface area (Å²) in [6, 6.07) is 17.9. The summed E-state index contributed by atoms with van der Waals surface area (Å²) in [4.78, 5) is 9.00. The number of hydrogen-bond acceptors (Lipinski definition) is 5. The minimum Gasteiger partial charge on any atom is -0.330 e. The molecule has 0 aliphatic heterocycles. The summed E-state index contributed by atoms with van der Waals surface area (Å²) >= 11 is 0. The highest BCUT2D eigenvalue weighted by Crippen LogP contribution is 2.24. The van der Waals surface area contributed by atoms with Crippen LogP contribution in [0, 0.1) is 11.3 Å². The number of benzene rings is 2. The van der Waals surface area contributed by atoms with Crippen molar-refractivity contribution in [1.29, 1.82) is 5.26 Å². The van der Waals surface area contributed by atoms with Gasteiger partial charge in [-0.05, 0) is 47.9 Å². The van der Waals surface area contributed by atoms with E-state index in [9.17, 15) is 5.26 Å². The van der Waals surface area contributed by atoms with E-state index in [0.717, 1.165) is 34.2 Å². The highest BCUT2D eigenvalue weighted by Gasteiger charge is 2.11. The van der Waals surface area contributed by atoms with Gasteiger partial charge in [-0.2, -0.15) is 10.4 Å². The molecule has 0 amide bonds. The van der Waals surface area contributed by atoms with Crippen LogP contribution in [0.5, 0.6) is 0 Å². The van der Waals surface area contributed by atoms with Crippen molar-refractivity contribution < 1.29 is 0 Å². The molecule has 142 valence electrons. The molecule has 0 bridgehead atoms. The Hall–Kier alpha value is -3.82. The van der Waals surface area contributed by atoms with Crippen LogP contribution in [0.15, 0.2) is 73.3 Å². The van der Waals surface area contributed by atoms with E-state index < -0.39 is 0 Å². The van der Waals surface area contributed by atoms with Gasteiger partial charge in [0.2, 0.25) is 0 Å². The third kappa shape index (κ3) is 4.21. The molecule has 0 unspecified atom stereocenters. The molecule has 2 aromatic carbocycles. The average Bonchev–Trinajstić information content (AvgIpc) is 3.24. The van der Waals surface area contributed by atoms with Gasteiger partial charge >= 0.3 is 0 Å². The fraction of sp³-hybridized carbons (Fsp3) is 0.130. The molecule has 0 saturated carbocycles. The standard InChI is InChI=1S/C23H20N6/c24-9-8-18-12-26-23(27-13-18)22-7-6-17(11-25)10-20(22)15-29-16-21(14-28-29)19-4-2-1-3-5-19/h1-7,10,12-14,16H,8-9,15,24H2. The molecule has 2 N–H and O–H groups in total. The van der Waals surface area contributed by atoms with Crippen molar-refractivity contribution in [2.75, 3.05) is 6.54 Å². The van der Waals surface area contributed by atoms with Crippen LogP contribution in [0.1, 0.15) is 16.7 Å². The van der Waals surface area contributed by atoms with E-state index in [0.29, 0.717) is 24.5 Å². The van der Waals surface area contributed by atoms with E-state index in [2.05, 4.69) is 33.3 Å². The Morgan fingerprint density at radius 3 is 2.48 bits per heavy atom. The van der Waals surface area contributed by atoms with Crippen molar-refractivity contribution in [3.8, 4) is 28.6 Å². The molecular weight excluding hydrogens is 360 g/mol. The van der Waals surface area contributed by atoms with Gasteiger partial charge < -0.3 is 5.73 Å². The Labute approximate surface area is 169 Å². The summed E-state index contributed by atoms with van der Waals surface area (Å²) in [5.41, 5.74) is 11.2. The maximum atomic E-state index is 9.32. The average molecular weight is 380 g/mol. The molecule has 0 aliphatic rings. The summed E-state index contributed by atoms with van der Waals surface area (Å²) < 4.78 is 1.87. The molecule has 6 heteroatoms. The van der Waals surface area contributed by atoms with Gasteiger partial charge in [0.1, 0.15) is 0 Å². The molecule has 6 nitrogen and oxygen atoms in total. The first-order valence-corrected chi connectivity index (χ1v) is 9.39. The van der Waals surface area contributed by atoms with Crippen molar-refractivity contribution in [2.45, 2.75) is 13.0 Å². The SMILES string of the molecule is N#Cc1ccc(-c2ncc(CCN)cn2)c(Cn2cc(-c3ccccc3)cn2)c1. The number of aromatic nitrogens is 4. The van der Waals surface area contributed by atoms with Crippen LogP contribution >= 0.6 is 0 Å². The Morgan fingerprint density at radius 2 is 1.76 bits per heavy atom. The minimum atomic E-state index is 0.519. The Morgan fingerprint density at radius 1 is 0.966 bits per heavy atom. The number of rotatable bonds is 6. The lowest BCUT2D eigenvalue weighted by Crippen LogP contribution is -2.05. The largest absolute Gasteiger partial charge is 0.330 e. The zero-order valence-electron chi connectivity index (χ0n) is 15.9. The van der Waals surface area contributed by atoms with Crippen LogP contribution in [0.25, 0.3) is 22.5 Å². The van der Waals surface area contributed by atoms with Crippen molar-refractivity contribution in [3.05, 3.63) is 90.0 Å². The lowest BCUT2D eigenvalue weighted by atomic mass is 10.0. The fourth-order valence-electron chi connectivity index (χ4n) is 3.21. The van der Waals surface area contributed by atoms with E-state index in [4.69, 9.17) is 5.73 Å². The zero-order chi connectivity index (χ0) is 20.1. The molecule has 0 atom stereocenters. The first-order valence-electron chi connectivity index (χ1n) is 9.39. The molecule has 0 spiro atoms. The Bertz CT molecular complexity index is 1140. The minimum absolute atomic E-state index is 0.519. The van der Waals surface area contributed by atoms with Gasteiger partial charge in [-0.1, -0.05) is 30.3 Å². The fourth-order valence-corrected chi connectivity index (χ4v) is 3.21. The maximum Gasteiger partial charge on any atom is 0.159 e. The smallest absolute Gasteiger partial charge is 0.159 e. The van der Waals surface area contributed by atoms with E-state index in [-0.39, 0.29) is 0 Å². The Kier molecular flexibility index (Phi) is 5.41. The van der Waals surface area contributed by atoms with E-state index in [1.54, 1.807) is 18.5 Å². The van der Waals surface area contributed by atoms with Gasteiger partial charge in [0.25, 0.3) is 0 Å². The maximum absolute atomic E-state index is 9.32. The van der Waals surface area contributed by atoms with Crippen LogP contribution < -0.4 is 5.73 Å². The normalized spacial score (nSPS) is 10.6. The first kappa shape index (κ1) is 18.5. The first-order chi connectivity index (χ1) is 14.3. The highest BCUT2D eigenvalue weighted by atomic mass is 15.3. The van der Waals surface area contributed by atoms with Gasteiger partial charge in [-0.25, -0.2) is 9.97 Å². The molecule has 0 saturated heterocycles. The summed E-state index contributed by atoms with van der Waals surface area (Å²) in [5, 5.41) is 13.8. The van der Waals surface area contributed by atoms with Crippen LogP contribution in [0.4, 0.5) is 0 Å². The molecule has 29 heavy (non-hydrogen) atoms. The molecule has 4 rings (SSSR count). The predicted molar refractivity (Wildman–Crippen MR) is 112 cm³/mol. The monoisotopic (exact) mass is 380 g/mol. The molecule has 0 fully saturated rings. The number of hydrogen-bond donors (Lipinski definition) is 1. The van der Waals surface area contributed by atoms with Gasteiger partial charge in [0.05, 0.1) is 24.4 Å². The summed E-state index contributed by atoms with van der Waals surface area (Å²) in [5.74, 6) is 0.626. The number of nitrogens with two attached hydrogens (primary N) is 1. The van der Waals surface area contributed by atoms with Crippen molar-refractivity contribution >= 4 is 0 Å². The lowest BCUT2D eigenvalue weighted by Gasteiger charge is -2.10. The van der Waals surface area contributed by atoms with Crippen LogP contribution in [0.3, 0.4) is 0 Å². The lowest BCUT2D eigenvalue weighted by molar-refractivity contribution is 0.687. The van der Waals surface area contributed by atoms with Crippen LogP contribution in [-0.2, 0) is 13.0 Å². The third-order valence-corrected chi connectivity index (χ3v) is 4.69. The van der Waals surface area contributed by atoms with E-state index in [1.807, 2.05) is 47.4 Å². The summed E-state index contributed by atoms with van der Waals surface area (Å²) in [7, 11) is 0. The second kappa shape index (κ2) is 8.46. The van der Waals surface area contributed by atoms with Gasteiger partial charge in [-0.15, -0.1) is 0 Å². The van der Waals surface area contributed by atoms with Gasteiger partial charge in [-0.3, -0.25) is 4.68 Å². The van der Waals surface area contributed by atoms with Crippen molar-refractivity contribution in [1.82, 2.24) is 19.7 Å². The summed E-state index contributed by atoms with van der Waals surface area (Å²) in [6.45, 7) is 1.08. The zero-order valence-corrected chi connectivity index (χ0v) is 15.9. The van der Waals surface area contributed by atoms with E-state index >= 15 is 0 Å².